The predicted octanol–water partition coefficient (Wildman–Crippen LogP) is -1.10. The fourth-order valence-corrected chi connectivity index (χ4v) is 1.90. The second-order valence-electron chi connectivity index (χ2n) is 3.58. The summed E-state index contributed by atoms with van der Waals surface area (Å²) in [7, 11) is 0. The Bertz CT molecular complexity index is 246. The normalized spacial score (nSPS) is 48.8. The van der Waals surface area contributed by atoms with Gasteiger partial charge in [-0.3, -0.25) is 0 Å². The maximum absolute atomic E-state index is 9.98. The van der Waals surface area contributed by atoms with Gasteiger partial charge in [0.2, 0.25) is 0 Å². The van der Waals surface area contributed by atoms with Crippen molar-refractivity contribution >= 4 is 0 Å². The molecular formula is C9H12O4. The molecule has 0 radical (unpaired) electrons. The number of ether oxygens (including phenoxy) is 2. The van der Waals surface area contributed by atoms with Crippen molar-refractivity contribution in [2.75, 3.05) is 13.2 Å². The van der Waals surface area contributed by atoms with Crippen LogP contribution in [0.2, 0.25) is 0 Å². The van der Waals surface area contributed by atoms with E-state index in [0.29, 0.717) is 0 Å². The van der Waals surface area contributed by atoms with Crippen molar-refractivity contribution in [3.05, 3.63) is 0 Å². The van der Waals surface area contributed by atoms with Crippen molar-refractivity contribution in [1.82, 2.24) is 0 Å². The minimum Gasteiger partial charge on any atom is -0.388 e. The van der Waals surface area contributed by atoms with Gasteiger partial charge in [0.05, 0.1) is 13.2 Å². The summed E-state index contributed by atoms with van der Waals surface area (Å²) >= 11 is 0. The Morgan fingerprint density at radius 1 is 1.54 bits per heavy atom. The monoisotopic (exact) mass is 184 g/mol. The lowest BCUT2D eigenvalue weighted by atomic mass is 9.93. The van der Waals surface area contributed by atoms with Gasteiger partial charge in [0, 0.05) is 6.42 Å². The summed E-state index contributed by atoms with van der Waals surface area (Å²) in [5, 5.41) is 19.4. The van der Waals surface area contributed by atoms with Gasteiger partial charge in [-0.2, -0.15) is 0 Å². The molecule has 0 unspecified atom stereocenters. The molecule has 0 amide bonds. The third-order valence-corrected chi connectivity index (χ3v) is 2.59. The second-order valence-corrected chi connectivity index (χ2v) is 3.58. The molecule has 2 fully saturated rings. The fraction of sp³-hybridized carbons (Fsp3) is 0.778. The summed E-state index contributed by atoms with van der Waals surface area (Å²) < 4.78 is 10.5. The fourth-order valence-electron chi connectivity index (χ4n) is 1.90. The van der Waals surface area contributed by atoms with Crippen LogP contribution in [0.15, 0.2) is 0 Å². The molecule has 2 saturated heterocycles. The van der Waals surface area contributed by atoms with Gasteiger partial charge in [0.15, 0.2) is 0 Å². The Balaban J connectivity index is 2.14. The van der Waals surface area contributed by atoms with Crippen LogP contribution in [-0.2, 0) is 9.47 Å². The number of aliphatic hydroxyl groups is 2. The van der Waals surface area contributed by atoms with E-state index in [2.05, 4.69) is 5.92 Å². The molecule has 0 aromatic heterocycles. The lowest BCUT2D eigenvalue weighted by molar-refractivity contribution is -0.0655. The molecule has 2 N–H and O–H groups in total. The first-order valence-electron chi connectivity index (χ1n) is 4.24. The molecule has 0 aromatic rings. The van der Waals surface area contributed by atoms with Crippen molar-refractivity contribution in [3.8, 4) is 12.3 Å². The number of rotatable bonds is 1. The molecule has 2 aliphatic heterocycles. The number of aliphatic hydroxyl groups excluding tert-OH is 1. The van der Waals surface area contributed by atoms with Crippen molar-refractivity contribution in [3.63, 3.8) is 0 Å². The Kier molecular flexibility index (Phi) is 2.05. The zero-order valence-corrected chi connectivity index (χ0v) is 7.14. The van der Waals surface area contributed by atoms with Crippen LogP contribution in [0.4, 0.5) is 0 Å². The molecular weight excluding hydrogens is 172 g/mol. The maximum atomic E-state index is 9.98. The summed E-state index contributed by atoms with van der Waals surface area (Å²) in [4.78, 5) is 0. The lowest BCUT2D eigenvalue weighted by Crippen LogP contribution is -2.43. The molecule has 4 nitrogen and oxygen atoms in total. The maximum Gasteiger partial charge on any atom is 0.127 e. The van der Waals surface area contributed by atoms with Crippen LogP contribution < -0.4 is 0 Å². The smallest absolute Gasteiger partial charge is 0.127 e. The summed E-state index contributed by atoms with van der Waals surface area (Å²) in [6, 6.07) is 0. The quantitative estimate of drug-likeness (QED) is 0.508. The van der Waals surface area contributed by atoms with Crippen LogP contribution in [0.25, 0.3) is 0 Å². The molecule has 2 rings (SSSR count). The summed E-state index contributed by atoms with van der Waals surface area (Å²) in [5.41, 5.74) is -1.11. The lowest BCUT2D eigenvalue weighted by Gasteiger charge is -2.23. The molecule has 0 saturated carbocycles. The van der Waals surface area contributed by atoms with Crippen molar-refractivity contribution in [2.45, 2.75) is 30.3 Å². The first kappa shape index (κ1) is 8.97. The molecule has 0 bridgehead atoms. The molecule has 2 heterocycles. The zero-order chi connectivity index (χ0) is 9.47. The van der Waals surface area contributed by atoms with E-state index >= 15 is 0 Å². The molecule has 4 atom stereocenters. The minimum atomic E-state index is -1.11. The average Bonchev–Trinajstić information content (AvgIpc) is 2.58. The third-order valence-electron chi connectivity index (χ3n) is 2.59. The van der Waals surface area contributed by atoms with E-state index in [-0.39, 0.29) is 19.6 Å². The third kappa shape index (κ3) is 1.25. The Hall–Kier alpha value is -0.600. The Morgan fingerprint density at radius 2 is 2.31 bits per heavy atom. The van der Waals surface area contributed by atoms with Gasteiger partial charge in [-0.05, 0) is 0 Å². The highest BCUT2D eigenvalue weighted by atomic mass is 16.6. The number of fused-ring (bicyclic) bond motifs is 1. The predicted molar refractivity (Wildman–Crippen MR) is 43.9 cm³/mol. The van der Waals surface area contributed by atoms with Crippen LogP contribution in [-0.4, -0.2) is 47.3 Å². The van der Waals surface area contributed by atoms with Crippen molar-refractivity contribution in [1.29, 1.82) is 0 Å². The highest BCUT2D eigenvalue weighted by Gasteiger charge is 2.55. The minimum absolute atomic E-state index is 0.142. The first-order valence-corrected chi connectivity index (χ1v) is 4.24. The van der Waals surface area contributed by atoms with Gasteiger partial charge in [0.25, 0.3) is 0 Å². The summed E-state index contributed by atoms with van der Waals surface area (Å²) in [6.07, 6.45) is 3.79. The van der Waals surface area contributed by atoms with E-state index in [4.69, 9.17) is 15.9 Å². The average molecular weight is 184 g/mol. The SMILES string of the molecule is C#CC[C@]1(O)CO[C@@H]2[C@H](O)CO[C@H]21. The number of hydrogen-bond donors (Lipinski definition) is 2. The Morgan fingerprint density at radius 3 is 3.00 bits per heavy atom. The van der Waals surface area contributed by atoms with Gasteiger partial charge in [-0.15, -0.1) is 12.3 Å². The number of terminal acetylenes is 1. The van der Waals surface area contributed by atoms with Crippen molar-refractivity contribution < 1.29 is 19.7 Å². The van der Waals surface area contributed by atoms with E-state index < -0.39 is 23.9 Å². The van der Waals surface area contributed by atoms with Crippen LogP contribution in [0, 0.1) is 12.3 Å². The van der Waals surface area contributed by atoms with E-state index in [9.17, 15) is 10.2 Å². The highest BCUT2D eigenvalue weighted by Crippen LogP contribution is 2.35. The van der Waals surface area contributed by atoms with Gasteiger partial charge in [-0.25, -0.2) is 0 Å². The molecule has 0 aromatic carbocycles. The van der Waals surface area contributed by atoms with Gasteiger partial charge in [-0.1, -0.05) is 0 Å². The zero-order valence-electron chi connectivity index (χ0n) is 7.14. The van der Waals surface area contributed by atoms with E-state index in [0.717, 1.165) is 0 Å². The summed E-state index contributed by atoms with van der Waals surface area (Å²) in [5.74, 6) is 2.39. The second kappa shape index (κ2) is 2.96. The molecule has 2 aliphatic rings. The summed E-state index contributed by atoms with van der Waals surface area (Å²) in [6.45, 7) is 0.353. The Labute approximate surface area is 76.5 Å². The highest BCUT2D eigenvalue weighted by molar-refractivity contribution is 5.08. The topological polar surface area (TPSA) is 58.9 Å². The number of hydrogen-bond acceptors (Lipinski definition) is 4. The van der Waals surface area contributed by atoms with Crippen LogP contribution >= 0.6 is 0 Å². The largest absolute Gasteiger partial charge is 0.388 e. The van der Waals surface area contributed by atoms with Gasteiger partial charge in [0.1, 0.15) is 23.9 Å². The molecule has 4 heteroatoms. The first-order chi connectivity index (χ1) is 6.17. The molecule has 13 heavy (non-hydrogen) atoms. The van der Waals surface area contributed by atoms with Gasteiger partial charge < -0.3 is 19.7 Å². The van der Waals surface area contributed by atoms with Crippen LogP contribution in [0.1, 0.15) is 6.42 Å². The standard InChI is InChI=1S/C9H12O4/c1-2-3-9(11)5-13-7-6(10)4-12-8(7)9/h1,6-8,10-11H,3-5H2/t6-,7-,8-,9+/m1/s1. The van der Waals surface area contributed by atoms with E-state index in [1.165, 1.54) is 0 Å². The van der Waals surface area contributed by atoms with Crippen LogP contribution in [0.5, 0.6) is 0 Å². The van der Waals surface area contributed by atoms with Crippen molar-refractivity contribution in [2.24, 2.45) is 0 Å². The molecule has 0 spiro atoms. The molecule has 0 aliphatic carbocycles. The van der Waals surface area contributed by atoms with E-state index in [1.807, 2.05) is 0 Å². The van der Waals surface area contributed by atoms with Crippen LogP contribution in [0.3, 0.4) is 0 Å². The van der Waals surface area contributed by atoms with Gasteiger partial charge >= 0.3 is 0 Å². The molecule has 72 valence electrons. The van der Waals surface area contributed by atoms with E-state index in [1.54, 1.807) is 0 Å².